The summed E-state index contributed by atoms with van der Waals surface area (Å²) in [7, 11) is 0. The lowest BCUT2D eigenvalue weighted by Crippen LogP contribution is -2.46. The Kier molecular flexibility index (Phi) is 4.83. The molecule has 1 atom stereocenters. The number of carboxylic acid groups (broad SMARTS) is 1. The van der Waals surface area contributed by atoms with Crippen LogP contribution in [0.15, 0.2) is 48.9 Å². The first-order valence-corrected chi connectivity index (χ1v) is 6.93. The van der Waals surface area contributed by atoms with E-state index < -0.39 is 17.3 Å². The summed E-state index contributed by atoms with van der Waals surface area (Å²) in [4.78, 5) is 31.6. The predicted octanol–water partition coefficient (Wildman–Crippen LogP) is 1.64. The summed E-state index contributed by atoms with van der Waals surface area (Å²) in [6.07, 6.45) is 4.57. The van der Waals surface area contributed by atoms with Crippen molar-refractivity contribution >= 4 is 11.9 Å². The van der Waals surface area contributed by atoms with Gasteiger partial charge in [-0.25, -0.2) is 4.98 Å². The van der Waals surface area contributed by atoms with Crippen molar-refractivity contribution in [3.8, 4) is 0 Å². The minimum absolute atomic E-state index is 0.0156. The Labute approximate surface area is 128 Å². The van der Waals surface area contributed by atoms with Crippen LogP contribution in [0.25, 0.3) is 0 Å². The van der Waals surface area contributed by atoms with Crippen molar-refractivity contribution in [2.45, 2.75) is 18.8 Å². The van der Waals surface area contributed by atoms with E-state index in [1.807, 2.05) is 6.07 Å². The summed E-state index contributed by atoms with van der Waals surface area (Å²) in [5.41, 5.74) is -0.352. The molecule has 22 heavy (non-hydrogen) atoms. The predicted molar refractivity (Wildman–Crippen MR) is 80.4 cm³/mol. The Morgan fingerprint density at radius 2 is 1.95 bits per heavy atom. The highest BCUT2D eigenvalue weighted by Crippen LogP contribution is 2.27. The summed E-state index contributed by atoms with van der Waals surface area (Å²) >= 11 is 0. The molecule has 0 aliphatic heterocycles. The second-order valence-corrected chi connectivity index (χ2v) is 4.88. The normalized spacial score (nSPS) is 13.1. The lowest BCUT2D eigenvalue weighted by atomic mass is 9.78. The average Bonchev–Trinajstić information content (AvgIpc) is 2.57. The van der Waals surface area contributed by atoms with Gasteiger partial charge in [0.25, 0.3) is 5.91 Å². The van der Waals surface area contributed by atoms with Crippen LogP contribution in [0, 0.1) is 0 Å². The van der Waals surface area contributed by atoms with E-state index >= 15 is 0 Å². The number of hydrogen-bond donors (Lipinski definition) is 2. The van der Waals surface area contributed by atoms with Crippen LogP contribution in [0.5, 0.6) is 0 Å². The molecule has 2 aromatic rings. The average molecular weight is 299 g/mol. The molecule has 0 saturated carbocycles. The maximum absolute atomic E-state index is 12.1. The molecular weight excluding hydrogens is 282 g/mol. The summed E-state index contributed by atoms with van der Waals surface area (Å²) < 4.78 is 0. The lowest BCUT2D eigenvalue weighted by molar-refractivity contribution is -0.143. The van der Waals surface area contributed by atoms with Gasteiger partial charge in [0.1, 0.15) is 11.1 Å². The van der Waals surface area contributed by atoms with Gasteiger partial charge >= 0.3 is 5.97 Å². The summed E-state index contributed by atoms with van der Waals surface area (Å²) in [5.74, 6) is -1.41. The molecule has 2 N–H and O–H groups in total. The second kappa shape index (κ2) is 6.80. The van der Waals surface area contributed by atoms with Gasteiger partial charge < -0.3 is 10.4 Å². The van der Waals surface area contributed by atoms with Crippen molar-refractivity contribution in [1.82, 2.24) is 15.3 Å². The fraction of sp³-hybridized carbons (Fsp3) is 0.250. The first kappa shape index (κ1) is 15.6. The van der Waals surface area contributed by atoms with Gasteiger partial charge in [-0.3, -0.25) is 14.6 Å². The number of aromatic nitrogens is 2. The third-order valence-electron chi connectivity index (χ3n) is 3.69. The standard InChI is InChI=1S/C16H17N3O3/c1-2-16(15(21)22,12-6-4-3-5-7-12)11-19-14(20)13-10-17-8-9-18-13/h3-10H,2,11H2,1H3,(H,19,20)(H,21,22). The molecule has 1 unspecified atom stereocenters. The number of benzene rings is 1. The van der Waals surface area contributed by atoms with E-state index in [0.717, 1.165) is 0 Å². The molecule has 0 radical (unpaired) electrons. The monoisotopic (exact) mass is 299 g/mol. The molecule has 6 nitrogen and oxygen atoms in total. The Balaban J connectivity index is 2.22. The third kappa shape index (κ3) is 3.11. The number of aliphatic carboxylic acids is 1. The highest BCUT2D eigenvalue weighted by molar-refractivity contribution is 5.92. The van der Waals surface area contributed by atoms with E-state index in [1.165, 1.54) is 18.6 Å². The lowest BCUT2D eigenvalue weighted by Gasteiger charge is -2.29. The van der Waals surface area contributed by atoms with Gasteiger partial charge in [0.15, 0.2) is 0 Å². The number of rotatable bonds is 6. The Bertz CT molecular complexity index is 646. The summed E-state index contributed by atoms with van der Waals surface area (Å²) in [6, 6.07) is 8.91. The fourth-order valence-corrected chi connectivity index (χ4v) is 2.28. The fourth-order valence-electron chi connectivity index (χ4n) is 2.28. The molecular formula is C16H17N3O3. The van der Waals surface area contributed by atoms with Gasteiger partial charge in [-0.2, -0.15) is 0 Å². The van der Waals surface area contributed by atoms with Gasteiger partial charge in [-0.05, 0) is 12.0 Å². The van der Waals surface area contributed by atoms with E-state index in [-0.39, 0.29) is 12.2 Å². The van der Waals surface area contributed by atoms with Crippen molar-refractivity contribution < 1.29 is 14.7 Å². The van der Waals surface area contributed by atoms with Crippen LogP contribution >= 0.6 is 0 Å². The zero-order chi connectivity index (χ0) is 16.0. The topological polar surface area (TPSA) is 92.2 Å². The van der Waals surface area contributed by atoms with Crippen molar-refractivity contribution in [1.29, 1.82) is 0 Å². The van der Waals surface area contributed by atoms with Crippen molar-refractivity contribution in [3.05, 3.63) is 60.2 Å². The van der Waals surface area contributed by atoms with Crippen molar-refractivity contribution in [3.63, 3.8) is 0 Å². The molecule has 0 aliphatic rings. The summed E-state index contributed by atoms with van der Waals surface area (Å²) in [6.45, 7) is 1.77. The van der Waals surface area contributed by atoms with Crippen molar-refractivity contribution in [2.24, 2.45) is 0 Å². The molecule has 0 spiro atoms. The zero-order valence-electron chi connectivity index (χ0n) is 12.2. The highest BCUT2D eigenvalue weighted by atomic mass is 16.4. The second-order valence-electron chi connectivity index (χ2n) is 4.88. The number of hydrogen-bond acceptors (Lipinski definition) is 4. The molecule has 6 heteroatoms. The number of amides is 1. The van der Waals surface area contributed by atoms with Gasteiger partial charge in [-0.1, -0.05) is 37.3 Å². The van der Waals surface area contributed by atoms with E-state index in [4.69, 9.17) is 0 Å². The van der Waals surface area contributed by atoms with E-state index in [2.05, 4.69) is 15.3 Å². The maximum Gasteiger partial charge on any atom is 0.315 e. The van der Waals surface area contributed by atoms with Crippen LogP contribution in [-0.2, 0) is 10.2 Å². The number of nitrogens with zero attached hydrogens (tertiary/aromatic N) is 2. The molecule has 0 aliphatic carbocycles. The molecule has 0 saturated heterocycles. The van der Waals surface area contributed by atoms with Crippen molar-refractivity contribution in [2.75, 3.05) is 6.54 Å². The van der Waals surface area contributed by atoms with E-state index in [9.17, 15) is 14.7 Å². The Morgan fingerprint density at radius 3 is 2.50 bits per heavy atom. The molecule has 0 bridgehead atoms. The van der Waals surface area contributed by atoms with Gasteiger partial charge in [0.05, 0.1) is 6.20 Å². The minimum atomic E-state index is -1.17. The highest BCUT2D eigenvalue weighted by Gasteiger charge is 2.39. The largest absolute Gasteiger partial charge is 0.481 e. The van der Waals surface area contributed by atoms with Crippen LogP contribution in [0.1, 0.15) is 29.4 Å². The first-order valence-electron chi connectivity index (χ1n) is 6.93. The zero-order valence-corrected chi connectivity index (χ0v) is 12.2. The third-order valence-corrected chi connectivity index (χ3v) is 3.69. The van der Waals surface area contributed by atoms with Crippen LogP contribution in [-0.4, -0.2) is 33.5 Å². The van der Waals surface area contributed by atoms with Crippen LogP contribution in [0.4, 0.5) is 0 Å². The van der Waals surface area contributed by atoms with Crippen LogP contribution < -0.4 is 5.32 Å². The molecule has 2 rings (SSSR count). The molecule has 1 heterocycles. The SMILES string of the molecule is CCC(CNC(=O)c1cnccn1)(C(=O)O)c1ccccc1. The minimum Gasteiger partial charge on any atom is -0.481 e. The van der Waals surface area contributed by atoms with E-state index in [0.29, 0.717) is 12.0 Å². The summed E-state index contributed by atoms with van der Waals surface area (Å²) in [5, 5.41) is 12.3. The Morgan fingerprint density at radius 1 is 1.23 bits per heavy atom. The smallest absolute Gasteiger partial charge is 0.315 e. The molecule has 114 valence electrons. The number of nitrogens with one attached hydrogen (secondary N) is 1. The number of carbonyl (C=O) groups is 2. The molecule has 0 fully saturated rings. The van der Waals surface area contributed by atoms with Crippen LogP contribution in [0.3, 0.4) is 0 Å². The number of carbonyl (C=O) groups excluding carboxylic acids is 1. The van der Waals surface area contributed by atoms with Gasteiger partial charge in [0, 0.05) is 18.9 Å². The molecule has 1 aromatic heterocycles. The number of carboxylic acids is 1. The maximum atomic E-state index is 12.1. The van der Waals surface area contributed by atoms with Gasteiger partial charge in [-0.15, -0.1) is 0 Å². The molecule has 1 amide bonds. The van der Waals surface area contributed by atoms with E-state index in [1.54, 1.807) is 31.2 Å². The first-order chi connectivity index (χ1) is 10.6. The van der Waals surface area contributed by atoms with Gasteiger partial charge in [0.2, 0.25) is 0 Å². The molecule has 1 aromatic carbocycles. The van der Waals surface area contributed by atoms with Crippen LogP contribution in [0.2, 0.25) is 0 Å². The quantitative estimate of drug-likeness (QED) is 0.846. The Hall–Kier alpha value is -2.76.